The molecule has 1 aliphatic rings. The summed E-state index contributed by atoms with van der Waals surface area (Å²) < 4.78 is 20.8. The molecule has 1 heterocycles. The Kier molecular flexibility index (Phi) is 8.57. The van der Waals surface area contributed by atoms with E-state index in [1.165, 1.54) is 19.2 Å². The van der Waals surface area contributed by atoms with Crippen LogP contribution in [0, 0.1) is 5.92 Å². The van der Waals surface area contributed by atoms with Crippen molar-refractivity contribution in [3.8, 4) is 11.5 Å². The molecule has 0 atom stereocenters. The number of hydrogen-bond donors (Lipinski definition) is 0. The maximum Gasteiger partial charge on any atom is 0.338 e. The summed E-state index contributed by atoms with van der Waals surface area (Å²) in [6.07, 6.45) is 1.06. The highest BCUT2D eigenvalue weighted by molar-refractivity contribution is 6.32. The molecule has 1 saturated heterocycles. The Morgan fingerprint density at radius 3 is 2.38 bits per heavy atom. The summed E-state index contributed by atoms with van der Waals surface area (Å²) in [4.78, 5) is 38.0. The lowest BCUT2D eigenvalue weighted by atomic mass is 9.97. The van der Waals surface area contributed by atoms with Gasteiger partial charge in [0.25, 0.3) is 5.91 Å². The number of halogens is 1. The van der Waals surface area contributed by atoms with Crippen LogP contribution in [0.15, 0.2) is 12.1 Å². The molecular formula is C20H26ClNO7. The van der Waals surface area contributed by atoms with Crippen LogP contribution in [0.1, 0.15) is 37.0 Å². The van der Waals surface area contributed by atoms with Gasteiger partial charge in [0.15, 0.2) is 18.1 Å². The predicted molar refractivity (Wildman–Crippen MR) is 105 cm³/mol. The third-order valence-electron chi connectivity index (χ3n) is 4.55. The Morgan fingerprint density at radius 1 is 1.10 bits per heavy atom. The van der Waals surface area contributed by atoms with Crippen molar-refractivity contribution in [2.45, 2.75) is 26.7 Å². The van der Waals surface area contributed by atoms with E-state index in [4.69, 9.17) is 30.5 Å². The second-order valence-electron chi connectivity index (χ2n) is 6.41. The number of rotatable bonds is 8. The minimum Gasteiger partial charge on any atom is -0.493 e. The highest BCUT2D eigenvalue weighted by atomic mass is 35.5. The molecule has 1 aliphatic heterocycles. The number of esters is 2. The first-order chi connectivity index (χ1) is 13.9. The number of carbonyl (C=O) groups excluding carboxylic acids is 3. The third-order valence-corrected chi connectivity index (χ3v) is 4.83. The number of amides is 1. The fraction of sp³-hybridized carbons (Fsp3) is 0.550. The van der Waals surface area contributed by atoms with E-state index in [9.17, 15) is 14.4 Å². The summed E-state index contributed by atoms with van der Waals surface area (Å²) in [5, 5.41) is 0.213. The van der Waals surface area contributed by atoms with Crippen LogP contribution in [-0.2, 0) is 19.1 Å². The van der Waals surface area contributed by atoms with Crippen LogP contribution >= 0.6 is 11.6 Å². The molecule has 0 saturated carbocycles. The largest absolute Gasteiger partial charge is 0.493 e. The molecule has 1 amide bonds. The number of benzene rings is 1. The van der Waals surface area contributed by atoms with E-state index in [2.05, 4.69) is 0 Å². The van der Waals surface area contributed by atoms with Crippen LogP contribution in [0.3, 0.4) is 0 Å². The maximum absolute atomic E-state index is 12.3. The van der Waals surface area contributed by atoms with Gasteiger partial charge in [-0.3, -0.25) is 9.59 Å². The van der Waals surface area contributed by atoms with Crippen molar-refractivity contribution in [1.82, 2.24) is 4.90 Å². The molecule has 0 radical (unpaired) electrons. The average molecular weight is 428 g/mol. The molecule has 2 rings (SSSR count). The minimum absolute atomic E-state index is 0.157. The standard InChI is InChI=1S/C20H26ClNO7/c1-4-27-18-15(21)10-14(11-16(18)26-3)20(25)29-12-17(23)22-8-6-13(7-9-22)19(24)28-5-2/h10-11,13H,4-9,12H2,1-3H3. The van der Waals surface area contributed by atoms with E-state index in [1.54, 1.807) is 18.7 Å². The summed E-state index contributed by atoms with van der Waals surface area (Å²) in [6.45, 7) is 4.74. The van der Waals surface area contributed by atoms with Crippen molar-refractivity contribution < 1.29 is 33.3 Å². The molecule has 1 fully saturated rings. The molecule has 8 nitrogen and oxygen atoms in total. The van der Waals surface area contributed by atoms with Crippen LogP contribution in [0.5, 0.6) is 11.5 Å². The van der Waals surface area contributed by atoms with Gasteiger partial charge in [0, 0.05) is 13.1 Å². The number of piperidine rings is 1. The third kappa shape index (κ3) is 6.00. The number of ether oxygens (including phenoxy) is 4. The van der Waals surface area contributed by atoms with Crippen LogP contribution < -0.4 is 9.47 Å². The summed E-state index contributed by atoms with van der Waals surface area (Å²) in [6, 6.07) is 2.86. The first-order valence-corrected chi connectivity index (χ1v) is 9.90. The molecule has 0 aromatic heterocycles. The Balaban J connectivity index is 1.90. The van der Waals surface area contributed by atoms with Gasteiger partial charge in [-0.25, -0.2) is 4.79 Å². The monoisotopic (exact) mass is 427 g/mol. The van der Waals surface area contributed by atoms with Gasteiger partial charge in [0.1, 0.15) is 0 Å². The fourth-order valence-corrected chi connectivity index (χ4v) is 3.31. The van der Waals surface area contributed by atoms with E-state index in [1.807, 2.05) is 0 Å². The zero-order valence-electron chi connectivity index (χ0n) is 16.9. The van der Waals surface area contributed by atoms with Crippen LogP contribution in [-0.4, -0.2) is 62.8 Å². The van der Waals surface area contributed by atoms with Gasteiger partial charge in [0.2, 0.25) is 0 Å². The van der Waals surface area contributed by atoms with Crippen LogP contribution in [0.2, 0.25) is 5.02 Å². The number of likely N-dealkylation sites (tertiary alicyclic amines) is 1. The molecule has 9 heteroatoms. The van der Waals surface area contributed by atoms with E-state index >= 15 is 0 Å². The lowest BCUT2D eigenvalue weighted by molar-refractivity contribution is -0.151. The first-order valence-electron chi connectivity index (χ1n) is 9.53. The topological polar surface area (TPSA) is 91.4 Å². The smallest absolute Gasteiger partial charge is 0.338 e. The lowest BCUT2D eigenvalue weighted by Gasteiger charge is -2.30. The van der Waals surface area contributed by atoms with E-state index in [-0.39, 0.29) is 28.4 Å². The molecular weight excluding hydrogens is 402 g/mol. The normalized spacial score (nSPS) is 14.3. The zero-order chi connectivity index (χ0) is 21.4. The van der Waals surface area contributed by atoms with E-state index < -0.39 is 12.6 Å². The molecule has 0 unspecified atom stereocenters. The van der Waals surface area contributed by atoms with Gasteiger partial charge in [-0.1, -0.05) is 11.6 Å². The summed E-state index contributed by atoms with van der Waals surface area (Å²) >= 11 is 6.16. The maximum atomic E-state index is 12.3. The Bertz CT molecular complexity index is 745. The summed E-state index contributed by atoms with van der Waals surface area (Å²) in [5.74, 6) is -0.785. The summed E-state index contributed by atoms with van der Waals surface area (Å²) in [5.41, 5.74) is 0.157. The fourth-order valence-electron chi connectivity index (χ4n) is 3.05. The van der Waals surface area contributed by atoms with Crippen molar-refractivity contribution in [1.29, 1.82) is 0 Å². The molecule has 0 bridgehead atoms. The van der Waals surface area contributed by atoms with Crippen molar-refractivity contribution in [3.05, 3.63) is 22.7 Å². The highest BCUT2D eigenvalue weighted by Crippen LogP contribution is 2.36. The van der Waals surface area contributed by atoms with Crippen molar-refractivity contribution in [2.75, 3.05) is 40.0 Å². The number of carbonyl (C=O) groups is 3. The molecule has 0 spiro atoms. The van der Waals surface area contributed by atoms with Gasteiger partial charge < -0.3 is 23.8 Å². The zero-order valence-corrected chi connectivity index (χ0v) is 17.6. The number of methoxy groups -OCH3 is 1. The molecule has 29 heavy (non-hydrogen) atoms. The first kappa shape index (κ1) is 22.8. The van der Waals surface area contributed by atoms with Gasteiger partial charge in [0.05, 0.1) is 36.8 Å². The van der Waals surface area contributed by atoms with Gasteiger partial charge in [-0.15, -0.1) is 0 Å². The highest BCUT2D eigenvalue weighted by Gasteiger charge is 2.28. The molecule has 0 aliphatic carbocycles. The average Bonchev–Trinajstić information content (AvgIpc) is 2.73. The van der Waals surface area contributed by atoms with Crippen molar-refractivity contribution >= 4 is 29.4 Å². The van der Waals surface area contributed by atoms with Crippen LogP contribution in [0.25, 0.3) is 0 Å². The quantitative estimate of drug-likeness (QED) is 0.589. The van der Waals surface area contributed by atoms with Gasteiger partial charge >= 0.3 is 11.9 Å². The molecule has 1 aromatic carbocycles. The second-order valence-corrected chi connectivity index (χ2v) is 6.81. The minimum atomic E-state index is -0.692. The number of hydrogen-bond acceptors (Lipinski definition) is 7. The molecule has 0 N–H and O–H groups in total. The summed E-state index contributed by atoms with van der Waals surface area (Å²) in [7, 11) is 1.44. The predicted octanol–water partition coefficient (Wildman–Crippen LogP) is 2.71. The van der Waals surface area contributed by atoms with Gasteiger partial charge in [-0.05, 0) is 38.8 Å². The Morgan fingerprint density at radius 2 is 1.79 bits per heavy atom. The SMILES string of the molecule is CCOC(=O)C1CCN(C(=O)COC(=O)c2cc(Cl)c(OCC)c(OC)c2)CC1. The van der Waals surface area contributed by atoms with Crippen molar-refractivity contribution in [2.24, 2.45) is 5.92 Å². The second kappa shape index (κ2) is 10.9. The Hall–Kier alpha value is -2.48. The number of nitrogens with zero attached hydrogens (tertiary/aromatic N) is 1. The van der Waals surface area contributed by atoms with Crippen LogP contribution in [0.4, 0.5) is 0 Å². The van der Waals surface area contributed by atoms with E-state index in [0.29, 0.717) is 50.6 Å². The molecule has 1 aromatic rings. The van der Waals surface area contributed by atoms with E-state index in [0.717, 1.165) is 0 Å². The molecule has 160 valence electrons. The Labute approximate surface area is 175 Å². The van der Waals surface area contributed by atoms with Crippen molar-refractivity contribution in [3.63, 3.8) is 0 Å². The lowest BCUT2D eigenvalue weighted by Crippen LogP contribution is -2.42. The van der Waals surface area contributed by atoms with Gasteiger partial charge in [-0.2, -0.15) is 0 Å².